The lowest BCUT2D eigenvalue weighted by molar-refractivity contribution is 0.292. The summed E-state index contributed by atoms with van der Waals surface area (Å²) in [6.45, 7) is 5.41. The number of benzene rings is 1. The van der Waals surface area contributed by atoms with E-state index in [0.717, 1.165) is 47.8 Å². The van der Waals surface area contributed by atoms with Gasteiger partial charge in [0.15, 0.2) is 0 Å². The van der Waals surface area contributed by atoms with Gasteiger partial charge in [-0.15, -0.1) is 0 Å². The first-order valence-electron chi connectivity index (χ1n) is 7.21. The molecule has 0 atom stereocenters. The first-order chi connectivity index (χ1) is 10.2. The normalized spacial score (nSPS) is 15.4. The predicted octanol–water partition coefficient (Wildman–Crippen LogP) is 2.91. The van der Waals surface area contributed by atoms with Crippen LogP contribution in [0.4, 0.5) is 0 Å². The molecular weight excluding hydrogens is 266 g/mol. The molecule has 0 saturated carbocycles. The Morgan fingerprint density at radius 1 is 1.33 bits per heavy atom. The summed E-state index contributed by atoms with van der Waals surface area (Å²) in [7, 11) is 0. The van der Waals surface area contributed by atoms with Crippen molar-refractivity contribution in [1.29, 1.82) is 0 Å². The summed E-state index contributed by atoms with van der Waals surface area (Å²) >= 11 is 0. The fraction of sp³-hybridized carbons (Fsp3) is 0.375. The molecule has 1 aliphatic carbocycles. The van der Waals surface area contributed by atoms with E-state index in [9.17, 15) is 0 Å². The van der Waals surface area contributed by atoms with E-state index in [1.807, 2.05) is 35.9 Å². The third kappa shape index (κ3) is 2.63. The molecule has 2 aromatic rings. The number of nitrogens with zero attached hydrogens (tertiary/aromatic N) is 3. The number of oxime groups is 1. The molecule has 1 aromatic heterocycles. The first-order valence-corrected chi connectivity index (χ1v) is 7.21. The van der Waals surface area contributed by atoms with E-state index in [2.05, 4.69) is 17.2 Å². The van der Waals surface area contributed by atoms with Crippen molar-refractivity contribution in [2.45, 2.75) is 39.8 Å². The Morgan fingerprint density at radius 2 is 2.19 bits per heavy atom. The van der Waals surface area contributed by atoms with Gasteiger partial charge >= 0.3 is 0 Å². The maximum absolute atomic E-state index is 8.94. The molecule has 0 saturated heterocycles. The van der Waals surface area contributed by atoms with Crippen LogP contribution >= 0.6 is 0 Å². The molecule has 0 bridgehead atoms. The zero-order valence-electron chi connectivity index (χ0n) is 12.3. The van der Waals surface area contributed by atoms with Gasteiger partial charge in [0.1, 0.15) is 12.4 Å². The molecule has 3 rings (SSSR count). The van der Waals surface area contributed by atoms with Gasteiger partial charge in [-0.1, -0.05) is 5.16 Å². The standard InChI is InChI=1S/C16H19N3O2/c1-3-19-13(8-11(2)17-19)10-21-14-5-6-15-12(9-14)4-7-16(15)18-20/h5-6,8-9,20H,3-4,7,10H2,1-2H3/b18-16+. The molecule has 0 aliphatic heterocycles. The maximum atomic E-state index is 8.94. The SMILES string of the molecule is CCn1nc(C)cc1COc1ccc2c(c1)CC/C2=N\O. The summed E-state index contributed by atoms with van der Waals surface area (Å²) < 4.78 is 7.84. The van der Waals surface area contributed by atoms with Crippen LogP contribution in [-0.4, -0.2) is 20.7 Å². The van der Waals surface area contributed by atoms with E-state index in [4.69, 9.17) is 9.94 Å². The van der Waals surface area contributed by atoms with Crippen LogP contribution in [0.25, 0.3) is 0 Å². The Labute approximate surface area is 123 Å². The zero-order chi connectivity index (χ0) is 14.8. The van der Waals surface area contributed by atoms with Crippen molar-refractivity contribution in [3.63, 3.8) is 0 Å². The summed E-state index contributed by atoms with van der Waals surface area (Å²) in [5.74, 6) is 0.842. The summed E-state index contributed by atoms with van der Waals surface area (Å²) in [5, 5.41) is 16.7. The number of aromatic nitrogens is 2. The number of aryl methyl sites for hydroxylation is 3. The van der Waals surface area contributed by atoms with Crippen molar-refractivity contribution in [2.24, 2.45) is 5.16 Å². The monoisotopic (exact) mass is 285 g/mol. The minimum atomic E-state index is 0.508. The molecule has 1 aliphatic rings. The van der Waals surface area contributed by atoms with E-state index in [1.165, 1.54) is 5.56 Å². The van der Waals surface area contributed by atoms with Gasteiger partial charge in [-0.25, -0.2) is 0 Å². The molecule has 5 heteroatoms. The molecule has 0 unspecified atom stereocenters. The minimum absolute atomic E-state index is 0.508. The third-order valence-electron chi connectivity index (χ3n) is 3.81. The van der Waals surface area contributed by atoms with Gasteiger partial charge < -0.3 is 9.94 Å². The Kier molecular flexibility index (Phi) is 3.64. The van der Waals surface area contributed by atoms with Crippen molar-refractivity contribution in [3.05, 3.63) is 46.8 Å². The lowest BCUT2D eigenvalue weighted by Crippen LogP contribution is -2.06. The van der Waals surface area contributed by atoms with Crippen molar-refractivity contribution in [2.75, 3.05) is 0 Å². The smallest absolute Gasteiger partial charge is 0.130 e. The van der Waals surface area contributed by atoms with Crippen LogP contribution in [0.5, 0.6) is 5.75 Å². The van der Waals surface area contributed by atoms with Crippen molar-refractivity contribution >= 4 is 5.71 Å². The number of hydrogen-bond donors (Lipinski definition) is 1. The number of rotatable bonds is 4. The van der Waals surface area contributed by atoms with Crippen LogP contribution in [0.3, 0.4) is 0 Å². The first kappa shape index (κ1) is 13.7. The second-order valence-corrected chi connectivity index (χ2v) is 5.25. The summed E-state index contributed by atoms with van der Waals surface area (Å²) in [6.07, 6.45) is 1.69. The second-order valence-electron chi connectivity index (χ2n) is 5.25. The highest BCUT2D eigenvalue weighted by atomic mass is 16.5. The molecule has 0 amide bonds. The van der Waals surface area contributed by atoms with Crippen LogP contribution < -0.4 is 4.74 Å². The maximum Gasteiger partial charge on any atom is 0.130 e. The van der Waals surface area contributed by atoms with Crippen LogP contribution in [0.15, 0.2) is 29.4 Å². The highest BCUT2D eigenvalue weighted by Gasteiger charge is 2.18. The molecule has 1 aromatic carbocycles. The predicted molar refractivity (Wildman–Crippen MR) is 80.1 cm³/mol. The summed E-state index contributed by atoms with van der Waals surface area (Å²) in [5.41, 5.74) is 5.05. The molecule has 0 radical (unpaired) electrons. The number of fused-ring (bicyclic) bond motifs is 1. The van der Waals surface area contributed by atoms with Crippen molar-refractivity contribution in [3.8, 4) is 5.75 Å². The van der Waals surface area contributed by atoms with E-state index >= 15 is 0 Å². The van der Waals surface area contributed by atoms with Gasteiger partial charge in [0, 0.05) is 12.1 Å². The van der Waals surface area contributed by atoms with Crippen molar-refractivity contribution in [1.82, 2.24) is 9.78 Å². The van der Waals surface area contributed by atoms with E-state index in [0.29, 0.717) is 6.61 Å². The Hall–Kier alpha value is -2.30. The topological polar surface area (TPSA) is 59.6 Å². The molecule has 110 valence electrons. The molecule has 1 heterocycles. The van der Waals surface area contributed by atoms with Gasteiger partial charge in [-0.3, -0.25) is 4.68 Å². The molecule has 5 nitrogen and oxygen atoms in total. The van der Waals surface area contributed by atoms with Gasteiger partial charge in [-0.2, -0.15) is 5.10 Å². The fourth-order valence-electron chi connectivity index (χ4n) is 2.79. The van der Waals surface area contributed by atoms with Crippen LogP contribution in [0.2, 0.25) is 0 Å². The second kappa shape index (κ2) is 5.60. The Bertz CT molecular complexity index is 689. The van der Waals surface area contributed by atoms with Gasteiger partial charge in [0.2, 0.25) is 0 Å². The Balaban J connectivity index is 1.74. The van der Waals surface area contributed by atoms with Crippen LogP contribution in [0, 0.1) is 6.92 Å². The van der Waals surface area contributed by atoms with Crippen molar-refractivity contribution < 1.29 is 9.94 Å². The van der Waals surface area contributed by atoms with Crippen LogP contribution in [0.1, 0.15) is 35.9 Å². The lowest BCUT2D eigenvalue weighted by atomic mass is 10.1. The lowest BCUT2D eigenvalue weighted by Gasteiger charge is -2.09. The van der Waals surface area contributed by atoms with Gasteiger partial charge in [0.05, 0.1) is 17.1 Å². The van der Waals surface area contributed by atoms with Crippen LogP contribution in [-0.2, 0) is 19.6 Å². The summed E-state index contributed by atoms with van der Waals surface area (Å²) in [6, 6.07) is 7.98. The third-order valence-corrected chi connectivity index (χ3v) is 3.81. The molecule has 1 N–H and O–H groups in total. The molecule has 0 spiro atoms. The van der Waals surface area contributed by atoms with Gasteiger partial charge in [-0.05, 0) is 56.5 Å². The molecule has 0 fully saturated rings. The molecular formula is C16H19N3O2. The zero-order valence-corrected chi connectivity index (χ0v) is 12.3. The fourth-order valence-corrected chi connectivity index (χ4v) is 2.79. The quantitative estimate of drug-likeness (QED) is 0.694. The number of ether oxygens (including phenoxy) is 1. The number of hydrogen-bond acceptors (Lipinski definition) is 4. The highest BCUT2D eigenvalue weighted by molar-refractivity contribution is 6.04. The summed E-state index contributed by atoms with van der Waals surface area (Å²) in [4.78, 5) is 0. The average molecular weight is 285 g/mol. The van der Waals surface area contributed by atoms with E-state index in [-0.39, 0.29) is 0 Å². The molecule has 21 heavy (non-hydrogen) atoms. The highest BCUT2D eigenvalue weighted by Crippen LogP contribution is 2.27. The largest absolute Gasteiger partial charge is 0.487 e. The average Bonchev–Trinajstić information content (AvgIpc) is 3.07. The Morgan fingerprint density at radius 3 is 2.95 bits per heavy atom. The minimum Gasteiger partial charge on any atom is -0.487 e. The van der Waals surface area contributed by atoms with E-state index in [1.54, 1.807) is 0 Å². The van der Waals surface area contributed by atoms with Gasteiger partial charge in [0.25, 0.3) is 0 Å². The van der Waals surface area contributed by atoms with E-state index < -0.39 is 0 Å².